The Labute approximate surface area is 94.8 Å². The van der Waals surface area contributed by atoms with Crippen molar-refractivity contribution < 1.29 is 4.42 Å². The molecular formula is C12H17NOS. The first-order valence-electron chi connectivity index (χ1n) is 5.80. The van der Waals surface area contributed by atoms with Gasteiger partial charge in [0.2, 0.25) is 0 Å². The van der Waals surface area contributed by atoms with Crippen LogP contribution < -0.4 is 5.32 Å². The van der Waals surface area contributed by atoms with Gasteiger partial charge in [-0.25, -0.2) is 0 Å². The van der Waals surface area contributed by atoms with Crippen LogP contribution in [0.1, 0.15) is 31.4 Å². The number of hydrogen-bond acceptors (Lipinski definition) is 3. The highest BCUT2D eigenvalue weighted by atomic mass is 32.2. The van der Waals surface area contributed by atoms with Gasteiger partial charge in [0.05, 0.1) is 12.0 Å². The van der Waals surface area contributed by atoms with E-state index in [0.717, 1.165) is 28.8 Å². The second kappa shape index (κ2) is 4.22. The smallest absolute Gasteiger partial charge is 0.113 e. The molecule has 82 valence electrons. The summed E-state index contributed by atoms with van der Waals surface area (Å²) in [5.74, 6) is 2.16. The van der Waals surface area contributed by atoms with E-state index in [1.807, 2.05) is 6.07 Å². The van der Waals surface area contributed by atoms with Crippen molar-refractivity contribution in [3.63, 3.8) is 0 Å². The minimum Gasteiger partial charge on any atom is -0.468 e. The molecule has 3 rings (SSSR count). The third kappa shape index (κ3) is 2.23. The minimum absolute atomic E-state index is 0.804. The number of furan rings is 1. The van der Waals surface area contributed by atoms with Crippen LogP contribution in [0.2, 0.25) is 0 Å². The van der Waals surface area contributed by atoms with Crippen molar-refractivity contribution in [1.29, 1.82) is 0 Å². The fraction of sp³-hybridized carbons (Fsp3) is 0.667. The van der Waals surface area contributed by atoms with Crippen LogP contribution in [0, 0.1) is 0 Å². The van der Waals surface area contributed by atoms with Crippen LogP contribution >= 0.6 is 11.8 Å². The second-order valence-electron chi connectivity index (χ2n) is 4.62. The number of hydrogen-bond donors (Lipinski definition) is 1. The quantitative estimate of drug-likeness (QED) is 0.853. The zero-order valence-corrected chi connectivity index (χ0v) is 9.63. The van der Waals surface area contributed by atoms with Gasteiger partial charge in [-0.2, -0.15) is 11.8 Å². The van der Waals surface area contributed by atoms with E-state index in [1.54, 1.807) is 6.26 Å². The van der Waals surface area contributed by atoms with Gasteiger partial charge in [-0.1, -0.05) is 0 Å². The first-order chi connectivity index (χ1) is 7.40. The Morgan fingerprint density at radius 1 is 1.33 bits per heavy atom. The lowest BCUT2D eigenvalue weighted by molar-refractivity contribution is 0.414. The Morgan fingerprint density at radius 3 is 2.80 bits per heavy atom. The van der Waals surface area contributed by atoms with Gasteiger partial charge in [0.25, 0.3) is 0 Å². The summed E-state index contributed by atoms with van der Waals surface area (Å²) in [7, 11) is 0. The molecule has 0 spiro atoms. The van der Waals surface area contributed by atoms with Crippen LogP contribution in [0.5, 0.6) is 0 Å². The number of piperidine rings is 1. The molecule has 1 aromatic rings. The maximum atomic E-state index is 5.36. The van der Waals surface area contributed by atoms with E-state index in [-0.39, 0.29) is 0 Å². The van der Waals surface area contributed by atoms with Gasteiger partial charge < -0.3 is 9.73 Å². The molecule has 2 aliphatic heterocycles. The van der Waals surface area contributed by atoms with Crippen molar-refractivity contribution in [2.45, 2.75) is 48.8 Å². The van der Waals surface area contributed by atoms with Gasteiger partial charge in [0.15, 0.2) is 0 Å². The predicted octanol–water partition coefficient (Wildman–Crippen LogP) is 2.80. The fourth-order valence-corrected chi connectivity index (χ4v) is 4.04. The standard InChI is InChI=1S/C12H17NOS/c1-2-11(14-5-1)8-15-12-6-9-3-4-10(7-12)13-9/h1-2,5,9-10,12-13H,3-4,6-8H2/t9-,10-/m0/s1. The van der Waals surface area contributed by atoms with Crippen LogP contribution in [0.25, 0.3) is 0 Å². The Hall–Kier alpha value is -0.410. The minimum atomic E-state index is 0.804. The fourth-order valence-electron chi connectivity index (χ4n) is 2.74. The molecule has 2 atom stereocenters. The van der Waals surface area contributed by atoms with E-state index in [9.17, 15) is 0 Å². The first kappa shape index (κ1) is 9.79. The molecule has 2 saturated heterocycles. The normalized spacial score (nSPS) is 34.5. The second-order valence-corrected chi connectivity index (χ2v) is 5.91. The molecule has 2 aliphatic rings. The molecule has 0 unspecified atom stereocenters. The van der Waals surface area contributed by atoms with Crippen LogP contribution in [0.4, 0.5) is 0 Å². The molecule has 2 bridgehead atoms. The Morgan fingerprint density at radius 2 is 2.13 bits per heavy atom. The Kier molecular flexibility index (Phi) is 2.76. The Bertz CT molecular complexity index is 299. The van der Waals surface area contributed by atoms with Gasteiger partial charge in [0.1, 0.15) is 5.76 Å². The molecular weight excluding hydrogens is 206 g/mol. The molecule has 2 nitrogen and oxygen atoms in total. The summed E-state index contributed by atoms with van der Waals surface area (Å²) < 4.78 is 5.36. The number of nitrogens with one attached hydrogen (secondary N) is 1. The summed E-state index contributed by atoms with van der Waals surface area (Å²) in [6, 6.07) is 5.65. The van der Waals surface area contributed by atoms with Gasteiger partial charge in [-0.15, -0.1) is 0 Å². The lowest BCUT2D eigenvalue weighted by Crippen LogP contribution is -2.39. The van der Waals surface area contributed by atoms with E-state index in [4.69, 9.17) is 4.42 Å². The summed E-state index contributed by atoms with van der Waals surface area (Å²) in [4.78, 5) is 0. The zero-order chi connectivity index (χ0) is 10.1. The van der Waals surface area contributed by atoms with E-state index in [2.05, 4.69) is 23.1 Å². The average molecular weight is 223 g/mol. The van der Waals surface area contributed by atoms with Crippen LogP contribution in [-0.2, 0) is 5.75 Å². The van der Waals surface area contributed by atoms with Crippen LogP contribution in [0.3, 0.4) is 0 Å². The number of thioether (sulfide) groups is 1. The molecule has 0 saturated carbocycles. The van der Waals surface area contributed by atoms with Gasteiger partial charge in [-0.3, -0.25) is 0 Å². The largest absolute Gasteiger partial charge is 0.468 e. The maximum absolute atomic E-state index is 5.36. The van der Waals surface area contributed by atoms with Crippen molar-refractivity contribution in [1.82, 2.24) is 5.32 Å². The molecule has 1 N–H and O–H groups in total. The van der Waals surface area contributed by atoms with Crippen LogP contribution in [-0.4, -0.2) is 17.3 Å². The SMILES string of the molecule is c1coc(CSC2C[C@@H]3CC[C@@H](C2)N3)c1. The average Bonchev–Trinajstić information content (AvgIpc) is 2.86. The van der Waals surface area contributed by atoms with Crippen molar-refractivity contribution in [2.75, 3.05) is 0 Å². The molecule has 0 radical (unpaired) electrons. The van der Waals surface area contributed by atoms with E-state index < -0.39 is 0 Å². The summed E-state index contributed by atoms with van der Waals surface area (Å²) >= 11 is 2.07. The van der Waals surface area contributed by atoms with Crippen molar-refractivity contribution in [3.8, 4) is 0 Å². The topological polar surface area (TPSA) is 25.2 Å². The van der Waals surface area contributed by atoms with E-state index >= 15 is 0 Å². The summed E-state index contributed by atoms with van der Waals surface area (Å²) in [5.41, 5.74) is 0. The lowest BCUT2D eigenvalue weighted by atomic mass is 10.1. The molecule has 3 heteroatoms. The number of fused-ring (bicyclic) bond motifs is 2. The van der Waals surface area contributed by atoms with Gasteiger partial charge in [-0.05, 0) is 37.8 Å². The maximum Gasteiger partial charge on any atom is 0.113 e. The first-order valence-corrected chi connectivity index (χ1v) is 6.85. The van der Waals surface area contributed by atoms with Crippen LogP contribution in [0.15, 0.2) is 22.8 Å². The summed E-state index contributed by atoms with van der Waals surface area (Å²) in [6.07, 6.45) is 7.25. The highest BCUT2D eigenvalue weighted by Gasteiger charge is 2.33. The number of rotatable bonds is 3. The van der Waals surface area contributed by atoms with E-state index in [0.29, 0.717) is 0 Å². The highest BCUT2D eigenvalue weighted by Crippen LogP contribution is 2.34. The molecule has 15 heavy (non-hydrogen) atoms. The summed E-state index contributed by atoms with van der Waals surface area (Å²) in [5, 5.41) is 4.52. The molecule has 3 heterocycles. The summed E-state index contributed by atoms with van der Waals surface area (Å²) in [6.45, 7) is 0. The molecule has 1 aromatic heterocycles. The van der Waals surface area contributed by atoms with Crippen molar-refractivity contribution in [3.05, 3.63) is 24.2 Å². The zero-order valence-electron chi connectivity index (χ0n) is 8.82. The Balaban J connectivity index is 1.52. The highest BCUT2D eigenvalue weighted by molar-refractivity contribution is 7.99. The third-order valence-electron chi connectivity index (χ3n) is 3.47. The lowest BCUT2D eigenvalue weighted by Gasteiger charge is -2.28. The molecule has 0 aliphatic carbocycles. The molecule has 0 amide bonds. The van der Waals surface area contributed by atoms with Gasteiger partial charge in [0, 0.05) is 17.3 Å². The monoisotopic (exact) mass is 223 g/mol. The van der Waals surface area contributed by atoms with Gasteiger partial charge >= 0.3 is 0 Å². The van der Waals surface area contributed by atoms with Crippen molar-refractivity contribution in [2.24, 2.45) is 0 Å². The predicted molar refractivity (Wildman–Crippen MR) is 63.0 cm³/mol. The van der Waals surface area contributed by atoms with E-state index in [1.165, 1.54) is 25.7 Å². The molecule has 0 aromatic carbocycles. The molecule has 2 fully saturated rings. The van der Waals surface area contributed by atoms with Crippen molar-refractivity contribution >= 4 is 11.8 Å². The third-order valence-corrected chi connectivity index (χ3v) is 4.78.